The van der Waals surface area contributed by atoms with Crippen molar-refractivity contribution < 1.29 is 9.18 Å². The SMILES string of the molecule is CCCCSC1=NC(=Cc2ccc(C)cc2)C(=O)N1c1ccc(F)c(Cl)c1. The van der Waals surface area contributed by atoms with Gasteiger partial charge in [-0.1, -0.05) is 66.5 Å². The monoisotopic (exact) mass is 402 g/mol. The third-order valence-electron chi connectivity index (χ3n) is 4.10. The Kier molecular flexibility index (Phi) is 6.34. The highest BCUT2D eigenvalue weighted by atomic mass is 35.5. The van der Waals surface area contributed by atoms with E-state index >= 15 is 0 Å². The minimum atomic E-state index is -0.514. The molecule has 0 saturated heterocycles. The second-order valence-corrected chi connectivity index (χ2v) is 7.74. The first kappa shape index (κ1) is 19.6. The number of carbonyl (C=O) groups is 1. The maximum atomic E-state index is 13.5. The van der Waals surface area contributed by atoms with Crippen LogP contribution in [0.1, 0.15) is 30.9 Å². The predicted octanol–water partition coefficient (Wildman–Crippen LogP) is 6.06. The number of unbranched alkanes of at least 4 members (excludes halogenated alkanes) is 1. The van der Waals surface area contributed by atoms with E-state index in [1.165, 1.54) is 28.8 Å². The van der Waals surface area contributed by atoms with Gasteiger partial charge in [0, 0.05) is 5.75 Å². The number of anilines is 1. The van der Waals surface area contributed by atoms with Crippen molar-refractivity contribution in [2.75, 3.05) is 10.7 Å². The summed E-state index contributed by atoms with van der Waals surface area (Å²) in [6, 6.07) is 12.1. The molecule has 3 nitrogen and oxygen atoms in total. The fraction of sp³-hybridized carbons (Fsp3) is 0.238. The molecule has 140 valence electrons. The molecule has 27 heavy (non-hydrogen) atoms. The van der Waals surface area contributed by atoms with Gasteiger partial charge in [0.2, 0.25) is 0 Å². The van der Waals surface area contributed by atoms with E-state index in [1.54, 1.807) is 12.1 Å². The minimum Gasteiger partial charge on any atom is -0.266 e. The van der Waals surface area contributed by atoms with Crippen molar-refractivity contribution in [1.29, 1.82) is 0 Å². The van der Waals surface area contributed by atoms with Crippen LogP contribution in [0.15, 0.2) is 53.2 Å². The molecular weight excluding hydrogens is 383 g/mol. The van der Waals surface area contributed by atoms with Crippen molar-refractivity contribution in [1.82, 2.24) is 0 Å². The van der Waals surface area contributed by atoms with E-state index in [-0.39, 0.29) is 10.9 Å². The molecule has 1 amide bonds. The van der Waals surface area contributed by atoms with Crippen molar-refractivity contribution in [2.24, 2.45) is 4.99 Å². The summed E-state index contributed by atoms with van der Waals surface area (Å²) in [5, 5.41) is 0.573. The molecule has 0 unspecified atom stereocenters. The van der Waals surface area contributed by atoms with Crippen LogP contribution < -0.4 is 4.90 Å². The molecule has 1 aliphatic heterocycles. The number of aryl methyl sites for hydroxylation is 1. The largest absolute Gasteiger partial charge is 0.283 e. The van der Waals surface area contributed by atoms with Crippen molar-refractivity contribution in [3.05, 3.63) is 70.1 Å². The first-order valence-electron chi connectivity index (χ1n) is 8.79. The van der Waals surface area contributed by atoms with Gasteiger partial charge in [-0.3, -0.25) is 9.69 Å². The fourth-order valence-electron chi connectivity index (χ4n) is 2.57. The van der Waals surface area contributed by atoms with E-state index in [9.17, 15) is 9.18 Å². The topological polar surface area (TPSA) is 32.7 Å². The number of halogens is 2. The molecule has 0 saturated carbocycles. The number of carbonyl (C=O) groups excluding carboxylic acids is 1. The number of aliphatic imine (C=N–C) groups is 1. The van der Waals surface area contributed by atoms with Gasteiger partial charge in [-0.05, 0) is 43.2 Å². The number of amides is 1. The molecule has 0 bridgehead atoms. The lowest BCUT2D eigenvalue weighted by Gasteiger charge is -2.18. The molecule has 1 aliphatic rings. The van der Waals surface area contributed by atoms with Gasteiger partial charge < -0.3 is 0 Å². The van der Waals surface area contributed by atoms with Crippen molar-refractivity contribution in [3.8, 4) is 0 Å². The number of hydrogen-bond acceptors (Lipinski definition) is 3. The van der Waals surface area contributed by atoms with Crippen LogP contribution in [0, 0.1) is 12.7 Å². The number of rotatable bonds is 5. The van der Waals surface area contributed by atoms with E-state index in [0.717, 1.165) is 29.7 Å². The minimum absolute atomic E-state index is 0.0193. The molecule has 2 aromatic carbocycles. The molecule has 2 aromatic rings. The van der Waals surface area contributed by atoms with Gasteiger partial charge in [0.15, 0.2) is 5.17 Å². The van der Waals surface area contributed by atoms with Crippen LogP contribution in [-0.2, 0) is 4.79 Å². The van der Waals surface area contributed by atoms with E-state index in [1.807, 2.05) is 31.2 Å². The summed E-state index contributed by atoms with van der Waals surface area (Å²) >= 11 is 7.44. The zero-order valence-corrected chi connectivity index (χ0v) is 16.8. The molecule has 1 heterocycles. The van der Waals surface area contributed by atoms with Crippen LogP contribution in [0.2, 0.25) is 5.02 Å². The first-order valence-corrected chi connectivity index (χ1v) is 10.2. The highest BCUT2D eigenvalue weighted by molar-refractivity contribution is 8.14. The van der Waals surface area contributed by atoms with Crippen molar-refractivity contribution in [3.63, 3.8) is 0 Å². The van der Waals surface area contributed by atoms with Gasteiger partial charge in [-0.15, -0.1) is 0 Å². The van der Waals surface area contributed by atoms with Gasteiger partial charge in [0.05, 0.1) is 10.7 Å². The van der Waals surface area contributed by atoms with Gasteiger partial charge in [0.1, 0.15) is 11.5 Å². The van der Waals surface area contributed by atoms with Crippen molar-refractivity contribution >= 4 is 46.2 Å². The van der Waals surface area contributed by atoms with E-state index in [2.05, 4.69) is 11.9 Å². The summed E-state index contributed by atoms with van der Waals surface area (Å²) < 4.78 is 13.5. The Morgan fingerprint density at radius 3 is 2.63 bits per heavy atom. The number of benzene rings is 2. The molecule has 0 aliphatic carbocycles. The standard InChI is InChI=1S/C21H20ClFN2OS/c1-3-4-11-27-21-24-19(12-15-7-5-14(2)6-8-15)20(26)25(21)16-9-10-18(23)17(22)13-16/h5-10,12-13H,3-4,11H2,1-2H3. The van der Waals surface area contributed by atoms with Crippen LogP contribution >= 0.6 is 23.4 Å². The summed E-state index contributed by atoms with van der Waals surface area (Å²) in [6.07, 6.45) is 3.85. The number of nitrogens with zero attached hydrogens (tertiary/aromatic N) is 2. The van der Waals surface area contributed by atoms with Crippen LogP contribution in [-0.4, -0.2) is 16.8 Å². The van der Waals surface area contributed by atoms with Gasteiger partial charge in [-0.25, -0.2) is 9.38 Å². The molecule has 0 aromatic heterocycles. The van der Waals surface area contributed by atoms with Crippen LogP contribution in [0.3, 0.4) is 0 Å². The Balaban J connectivity index is 1.95. The maximum Gasteiger partial charge on any atom is 0.283 e. The van der Waals surface area contributed by atoms with Gasteiger partial charge in [-0.2, -0.15) is 0 Å². The Hall–Kier alpha value is -2.11. The predicted molar refractivity (Wildman–Crippen MR) is 113 cm³/mol. The second-order valence-electron chi connectivity index (χ2n) is 6.28. The van der Waals surface area contributed by atoms with Crippen molar-refractivity contribution in [2.45, 2.75) is 26.7 Å². The summed E-state index contributed by atoms with van der Waals surface area (Å²) in [4.78, 5) is 19.1. The van der Waals surface area contributed by atoms with E-state index in [0.29, 0.717) is 16.6 Å². The quantitative estimate of drug-likeness (QED) is 0.449. The lowest BCUT2D eigenvalue weighted by atomic mass is 10.1. The lowest BCUT2D eigenvalue weighted by Crippen LogP contribution is -2.30. The summed E-state index contributed by atoms with van der Waals surface area (Å²) in [7, 11) is 0. The zero-order chi connectivity index (χ0) is 19.4. The van der Waals surface area contributed by atoms with Crippen LogP contribution in [0.4, 0.5) is 10.1 Å². The maximum absolute atomic E-state index is 13.5. The molecule has 3 rings (SSSR count). The smallest absolute Gasteiger partial charge is 0.266 e. The Bertz CT molecular complexity index is 909. The molecule has 0 spiro atoms. The number of thioether (sulfide) groups is 1. The Morgan fingerprint density at radius 1 is 1.22 bits per heavy atom. The molecule has 0 N–H and O–H groups in total. The summed E-state index contributed by atoms with van der Waals surface area (Å²) in [5.41, 5.74) is 2.93. The molecular formula is C21H20ClFN2OS. The van der Waals surface area contributed by atoms with Crippen LogP contribution in [0.25, 0.3) is 6.08 Å². The molecule has 0 fully saturated rings. The molecule has 0 atom stereocenters. The van der Waals surface area contributed by atoms with Crippen LogP contribution in [0.5, 0.6) is 0 Å². The van der Waals surface area contributed by atoms with Gasteiger partial charge >= 0.3 is 0 Å². The number of hydrogen-bond donors (Lipinski definition) is 0. The van der Waals surface area contributed by atoms with E-state index in [4.69, 9.17) is 11.6 Å². The average Bonchev–Trinajstić information content (AvgIpc) is 2.95. The van der Waals surface area contributed by atoms with Gasteiger partial charge in [0.25, 0.3) is 5.91 Å². The highest BCUT2D eigenvalue weighted by Crippen LogP contribution is 2.32. The summed E-state index contributed by atoms with van der Waals surface area (Å²) in [6.45, 7) is 4.13. The molecule has 0 radical (unpaired) electrons. The summed E-state index contributed by atoms with van der Waals surface area (Å²) in [5.74, 6) is 0.100. The Labute approximate surface area is 167 Å². The average molecular weight is 403 g/mol. The molecule has 6 heteroatoms. The highest BCUT2D eigenvalue weighted by Gasteiger charge is 2.32. The third kappa shape index (κ3) is 4.60. The lowest BCUT2D eigenvalue weighted by molar-refractivity contribution is -0.113. The normalized spacial score (nSPS) is 15.6. The van der Waals surface area contributed by atoms with E-state index < -0.39 is 5.82 Å². The Morgan fingerprint density at radius 2 is 1.96 bits per heavy atom. The fourth-order valence-corrected chi connectivity index (χ4v) is 3.84. The third-order valence-corrected chi connectivity index (χ3v) is 5.42. The zero-order valence-electron chi connectivity index (χ0n) is 15.2. The number of amidine groups is 1. The first-order chi connectivity index (χ1) is 13.0. The second kappa shape index (κ2) is 8.72.